The third kappa shape index (κ3) is 68.0. The predicted octanol–water partition coefficient (Wildman–Crippen LogP) is 21.9. The van der Waals surface area contributed by atoms with Gasteiger partial charge in [0.05, 0.1) is 38.6 Å². The first kappa shape index (κ1) is 95.5. The van der Waals surface area contributed by atoms with E-state index in [2.05, 4.69) is 52.0 Å². The molecule has 18 nitrogen and oxygen atoms in total. The number of rotatable bonds is 77. The van der Waals surface area contributed by atoms with E-state index in [1.807, 2.05) is 0 Å². The van der Waals surface area contributed by atoms with Gasteiger partial charge in [-0.05, 0) is 77.0 Å². The molecule has 0 spiro atoms. The summed E-state index contributed by atoms with van der Waals surface area (Å²) in [6.45, 7) is 3.80. The quantitative estimate of drug-likeness (QED) is 0.0145. The van der Waals surface area contributed by atoms with Crippen LogP contribution in [0.15, 0.2) is 24.3 Å². The summed E-state index contributed by atoms with van der Waals surface area (Å²) in [6.07, 6.45) is 65.7. The van der Waals surface area contributed by atoms with Crippen molar-refractivity contribution in [2.45, 2.75) is 405 Å². The van der Waals surface area contributed by atoms with Crippen LogP contribution in [0, 0.1) is 0 Å². The molecule has 578 valence electrons. The number of phosphoric acid groups is 2. The van der Waals surface area contributed by atoms with Crippen molar-refractivity contribution in [3.8, 4) is 0 Å². The predicted molar refractivity (Wildman–Crippen MR) is 399 cm³/mol. The van der Waals surface area contributed by atoms with Crippen molar-refractivity contribution < 1.29 is 80.2 Å². The van der Waals surface area contributed by atoms with Gasteiger partial charge in [-0.2, -0.15) is 0 Å². The fourth-order valence-electron chi connectivity index (χ4n) is 11.5. The summed E-state index contributed by atoms with van der Waals surface area (Å²) in [5.41, 5.74) is 4.19. The Morgan fingerprint density at radius 1 is 0.327 bits per heavy atom. The molecule has 0 heterocycles. The number of carbonyl (C=O) groups excluding carboxylic acids is 4. The standard InChI is InChI=1S/C78H149NO17P2/c1-5-9-13-17-21-25-29-33-35-39-43-47-51-55-59-63-76(83)95-72(65-89-74(81)61-57-53-49-45-41-37-31-27-23-19-15-11-7-3)67-91-97(85,86)93-70-78(79,69-80)71-94-98(87,88)92-68-73(66-90-75(82)62-58-54-50-46-42-38-32-28-24-20-16-12-8-4)96-77(84)64-60-56-52-48-44-40-36-34-30-26-22-18-14-10-6-2/h33-36,72-73,80H,5-32,37-71,79H2,1-4H3,(H,85,86)(H,87,88)/b35-33-,36-34-/t72-,73-/m1/s1. The molecule has 0 saturated carbocycles. The van der Waals surface area contributed by atoms with E-state index in [9.17, 15) is 43.2 Å². The second kappa shape index (κ2) is 70.2. The fraction of sp³-hybridized carbons (Fsp3) is 0.897. The molecule has 0 aliphatic rings. The lowest BCUT2D eigenvalue weighted by molar-refractivity contribution is -0.161. The van der Waals surface area contributed by atoms with Gasteiger partial charge in [-0.15, -0.1) is 0 Å². The maximum atomic E-state index is 13.3. The van der Waals surface area contributed by atoms with E-state index < -0.39 is 104 Å². The number of esters is 4. The highest BCUT2D eigenvalue weighted by molar-refractivity contribution is 7.47. The smallest absolute Gasteiger partial charge is 0.462 e. The number of aliphatic hydroxyl groups is 1. The highest BCUT2D eigenvalue weighted by Gasteiger charge is 2.36. The average molecular weight is 1430 g/mol. The van der Waals surface area contributed by atoms with Crippen LogP contribution in [0.4, 0.5) is 0 Å². The molecule has 0 amide bonds. The van der Waals surface area contributed by atoms with Crippen molar-refractivity contribution in [1.29, 1.82) is 0 Å². The van der Waals surface area contributed by atoms with Crippen LogP contribution in [-0.2, 0) is 65.4 Å². The van der Waals surface area contributed by atoms with Gasteiger partial charge in [-0.25, -0.2) is 9.13 Å². The van der Waals surface area contributed by atoms with Gasteiger partial charge in [-0.3, -0.25) is 37.3 Å². The highest BCUT2D eigenvalue weighted by atomic mass is 31.2. The molecule has 0 aliphatic carbocycles. The first-order chi connectivity index (χ1) is 47.5. The third-order valence-electron chi connectivity index (χ3n) is 17.9. The molecule has 0 aromatic carbocycles. The number of phosphoric ester groups is 2. The zero-order chi connectivity index (χ0) is 72.0. The second-order valence-corrected chi connectivity index (χ2v) is 30.7. The van der Waals surface area contributed by atoms with Crippen LogP contribution < -0.4 is 5.73 Å². The number of ether oxygens (including phenoxy) is 4. The maximum absolute atomic E-state index is 13.3. The van der Waals surface area contributed by atoms with Crippen molar-refractivity contribution in [1.82, 2.24) is 0 Å². The Morgan fingerprint density at radius 3 is 0.776 bits per heavy atom. The Kier molecular flexibility index (Phi) is 68.4. The van der Waals surface area contributed by atoms with Gasteiger partial charge in [0.2, 0.25) is 0 Å². The largest absolute Gasteiger partial charge is 0.472 e. The van der Waals surface area contributed by atoms with Crippen LogP contribution >= 0.6 is 15.6 Å². The molecule has 0 aromatic rings. The monoisotopic (exact) mass is 1430 g/mol. The van der Waals surface area contributed by atoms with Crippen LogP contribution in [0.3, 0.4) is 0 Å². The topological polar surface area (TPSA) is 263 Å². The fourth-order valence-corrected chi connectivity index (χ4v) is 13.2. The Morgan fingerprint density at radius 2 is 0.541 bits per heavy atom. The number of allylic oxidation sites excluding steroid dienone is 4. The molecular weight excluding hydrogens is 1280 g/mol. The minimum absolute atomic E-state index is 0.0798. The van der Waals surface area contributed by atoms with Gasteiger partial charge < -0.3 is 39.6 Å². The normalized spacial score (nSPS) is 14.3. The second-order valence-electron chi connectivity index (χ2n) is 27.8. The van der Waals surface area contributed by atoms with Crippen LogP contribution in [0.2, 0.25) is 0 Å². The van der Waals surface area contributed by atoms with Crippen LogP contribution in [-0.4, -0.2) is 103 Å². The molecule has 98 heavy (non-hydrogen) atoms. The number of carbonyl (C=O) groups is 4. The van der Waals surface area contributed by atoms with E-state index in [4.69, 9.17) is 42.8 Å². The van der Waals surface area contributed by atoms with Crippen molar-refractivity contribution in [2.75, 3.05) is 46.2 Å². The van der Waals surface area contributed by atoms with E-state index in [1.54, 1.807) is 0 Å². The molecule has 0 aromatic heterocycles. The van der Waals surface area contributed by atoms with Crippen LogP contribution in [0.1, 0.15) is 387 Å². The lowest BCUT2D eigenvalue weighted by Gasteiger charge is -2.28. The van der Waals surface area contributed by atoms with Gasteiger partial charge in [0, 0.05) is 25.7 Å². The van der Waals surface area contributed by atoms with E-state index in [1.165, 1.54) is 193 Å². The molecule has 0 fully saturated rings. The minimum atomic E-state index is -5.05. The van der Waals surface area contributed by atoms with Crippen molar-refractivity contribution >= 4 is 39.5 Å². The Bertz CT molecular complexity index is 1860. The van der Waals surface area contributed by atoms with Gasteiger partial charge in [0.1, 0.15) is 13.2 Å². The lowest BCUT2D eigenvalue weighted by atomic mass is 10.0. The molecule has 2 unspecified atom stereocenters. The Hall–Kier alpha value is -2.50. The molecule has 0 bridgehead atoms. The Balaban J connectivity index is 5.48. The summed E-state index contributed by atoms with van der Waals surface area (Å²) in [7, 11) is -10.1. The first-order valence-corrected chi connectivity index (χ1v) is 43.2. The van der Waals surface area contributed by atoms with Gasteiger partial charge >= 0.3 is 39.5 Å². The zero-order valence-corrected chi connectivity index (χ0v) is 64.8. The van der Waals surface area contributed by atoms with Crippen molar-refractivity contribution in [2.24, 2.45) is 5.73 Å². The van der Waals surface area contributed by atoms with Crippen molar-refractivity contribution in [3.63, 3.8) is 0 Å². The summed E-state index contributed by atoms with van der Waals surface area (Å²) in [5, 5.41) is 10.3. The molecule has 5 N–H and O–H groups in total. The highest BCUT2D eigenvalue weighted by Crippen LogP contribution is 2.46. The molecule has 0 aliphatic heterocycles. The molecule has 0 rings (SSSR count). The summed E-state index contributed by atoms with van der Waals surface area (Å²) in [5.74, 6) is -2.19. The summed E-state index contributed by atoms with van der Waals surface area (Å²) >= 11 is 0. The van der Waals surface area contributed by atoms with Crippen molar-refractivity contribution in [3.05, 3.63) is 24.3 Å². The number of hydrogen-bond acceptors (Lipinski definition) is 16. The molecule has 0 radical (unpaired) electrons. The van der Waals surface area contributed by atoms with Crippen LogP contribution in [0.5, 0.6) is 0 Å². The number of hydrogen-bond donors (Lipinski definition) is 4. The average Bonchev–Trinajstić information content (AvgIpc) is 0.876. The number of nitrogens with two attached hydrogens (primary N) is 1. The zero-order valence-electron chi connectivity index (χ0n) is 63.0. The molecular formula is C78H149NO17P2. The summed E-state index contributed by atoms with van der Waals surface area (Å²) < 4.78 is 69.5. The summed E-state index contributed by atoms with van der Waals surface area (Å²) in [4.78, 5) is 73.5. The van der Waals surface area contributed by atoms with E-state index >= 15 is 0 Å². The lowest BCUT2D eigenvalue weighted by Crippen LogP contribution is -2.51. The van der Waals surface area contributed by atoms with E-state index in [0.29, 0.717) is 25.7 Å². The third-order valence-corrected chi connectivity index (χ3v) is 19.8. The molecule has 20 heteroatoms. The van der Waals surface area contributed by atoms with Gasteiger partial charge in [0.25, 0.3) is 0 Å². The first-order valence-electron chi connectivity index (χ1n) is 40.2. The number of unbranched alkanes of at least 4 members (excludes halogenated alkanes) is 46. The number of aliphatic hydroxyl groups excluding tert-OH is 1. The summed E-state index contributed by atoms with van der Waals surface area (Å²) in [6, 6.07) is 0. The molecule has 0 saturated heterocycles. The van der Waals surface area contributed by atoms with Crippen LogP contribution in [0.25, 0.3) is 0 Å². The maximum Gasteiger partial charge on any atom is 0.472 e. The SMILES string of the molecule is CCCCCCCC/C=C\CCCCCCCC(=O)O[C@H](COC(=O)CCCCCCCCCCCCCCC)COP(=O)(O)OCC(N)(CO)COP(=O)(O)OC[C@@H](COC(=O)CCCCCCCCCCCCCCC)OC(=O)CCCCCCC/C=C\CCCCCCCC. The molecule has 4 atom stereocenters. The van der Waals surface area contributed by atoms with Gasteiger partial charge in [-0.1, -0.05) is 309 Å². The van der Waals surface area contributed by atoms with E-state index in [0.717, 1.165) is 116 Å². The van der Waals surface area contributed by atoms with E-state index in [-0.39, 0.29) is 25.7 Å². The van der Waals surface area contributed by atoms with Gasteiger partial charge in [0.15, 0.2) is 12.2 Å². The minimum Gasteiger partial charge on any atom is -0.462 e. The Labute approximate surface area is 598 Å².